The van der Waals surface area contributed by atoms with Crippen LogP contribution in [-0.2, 0) is 9.59 Å². The molecule has 0 aliphatic rings. The van der Waals surface area contributed by atoms with Crippen molar-refractivity contribution in [3.63, 3.8) is 0 Å². The molecule has 5 heteroatoms. The number of carboxylic acids is 1. The van der Waals surface area contributed by atoms with Crippen molar-refractivity contribution >= 4 is 23.6 Å². The Bertz CT molecular complexity index is 424. The van der Waals surface area contributed by atoms with Crippen molar-refractivity contribution in [2.45, 2.75) is 6.42 Å². The van der Waals surface area contributed by atoms with Crippen LogP contribution in [-0.4, -0.2) is 23.5 Å². The number of hydrogen-bond donors (Lipinski definition) is 3. The number of carboxylic acid groups (broad SMARTS) is 1. The van der Waals surface area contributed by atoms with Crippen LogP contribution in [0.2, 0.25) is 0 Å². The number of hydrogen-bond acceptors (Lipinski definition) is 3. The largest absolute Gasteiger partial charge is 0.481 e. The summed E-state index contributed by atoms with van der Waals surface area (Å²) in [5, 5.41) is 10.8. The third-order valence-electron chi connectivity index (χ3n) is 2.00. The average Bonchev–Trinajstić information content (AvgIpc) is 2.28. The van der Waals surface area contributed by atoms with Gasteiger partial charge in [0.25, 0.3) is 0 Å². The minimum Gasteiger partial charge on any atom is -0.481 e. The fourth-order valence-electron chi connectivity index (χ4n) is 1.13. The number of amides is 1. The van der Waals surface area contributed by atoms with Crippen molar-refractivity contribution in [2.24, 2.45) is 0 Å². The minimum absolute atomic E-state index is 0.0819. The molecule has 1 rings (SSSR count). The van der Waals surface area contributed by atoms with Gasteiger partial charge >= 0.3 is 5.97 Å². The number of aliphatic carboxylic acids is 1. The Labute approximate surface area is 98.9 Å². The molecule has 0 aliphatic carbocycles. The number of rotatable bonds is 5. The van der Waals surface area contributed by atoms with E-state index in [2.05, 4.69) is 5.32 Å². The summed E-state index contributed by atoms with van der Waals surface area (Å²) in [6.45, 7) is 0.125. The SMILES string of the molecule is Nc1ccc(/C=C/C(=O)NCCC(=O)O)cc1. The summed E-state index contributed by atoms with van der Waals surface area (Å²) >= 11 is 0. The van der Waals surface area contributed by atoms with Crippen molar-refractivity contribution in [1.29, 1.82) is 0 Å². The third-order valence-corrected chi connectivity index (χ3v) is 2.00. The molecule has 0 aliphatic heterocycles. The molecular formula is C12H14N2O3. The van der Waals surface area contributed by atoms with E-state index < -0.39 is 5.97 Å². The quantitative estimate of drug-likeness (QED) is 0.520. The summed E-state index contributed by atoms with van der Waals surface area (Å²) in [7, 11) is 0. The van der Waals surface area contributed by atoms with Gasteiger partial charge in [-0.1, -0.05) is 12.1 Å². The first-order chi connectivity index (χ1) is 8.08. The van der Waals surface area contributed by atoms with Crippen LogP contribution < -0.4 is 11.1 Å². The fraction of sp³-hybridized carbons (Fsp3) is 0.167. The second kappa shape index (κ2) is 6.32. The number of carbonyl (C=O) groups is 2. The molecular weight excluding hydrogens is 220 g/mol. The van der Waals surface area contributed by atoms with Crippen LogP contribution in [0.1, 0.15) is 12.0 Å². The maximum absolute atomic E-state index is 11.2. The molecule has 0 bridgehead atoms. The molecule has 0 atom stereocenters. The lowest BCUT2D eigenvalue weighted by molar-refractivity contribution is -0.136. The summed E-state index contributed by atoms with van der Waals surface area (Å²) in [5.74, 6) is -1.25. The highest BCUT2D eigenvalue weighted by molar-refractivity contribution is 5.91. The van der Waals surface area contributed by atoms with Crippen LogP contribution in [0.15, 0.2) is 30.3 Å². The van der Waals surface area contributed by atoms with Crippen LogP contribution in [0.3, 0.4) is 0 Å². The molecule has 0 aromatic heterocycles. The number of nitrogens with one attached hydrogen (secondary N) is 1. The summed E-state index contributed by atoms with van der Waals surface area (Å²) in [6.07, 6.45) is 2.91. The molecule has 0 fully saturated rings. The number of anilines is 1. The van der Waals surface area contributed by atoms with Gasteiger partial charge in [-0.25, -0.2) is 0 Å². The van der Waals surface area contributed by atoms with Gasteiger partial charge in [0, 0.05) is 18.3 Å². The Kier molecular flexibility index (Phi) is 4.75. The van der Waals surface area contributed by atoms with Crippen molar-refractivity contribution in [1.82, 2.24) is 5.32 Å². The van der Waals surface area contributed by atoms with E-state index in [1.807, 2.05) is 0 Å². The van der Waals surface area contributed by atoms with E-state index in [-0.39, 0.29) is 18.9 Å². The molecule has 1 amide bonds. The Morgan fingerprint density at radius 1 is 1.29 bits per heavy atom. The molecule has 90 valence electrons. The molecule has 4 N–H and O–H groups in total. The second-order valence-corrected chi connectivity index (χ2v) is 3.43. The lowest BCUT2D eigenvalue weighted by Gasteiger charge is -1.98. The Hall–Kier alpha value is -2.30. The Balaban J connectivity index is 2.40. The maximum atomic E-state index is 11.2. The van der Waals surface area contributed by atoms with E-state index in [0.717, 1.165) is 5.56 Å². The van der Waals surface area contributed by atoms with Gasteiger partial charge in [-0.2, -0.15) is 0 Å². The van der Waals surface area contributed by atoms with Crippen molar-refractivity contribution in [3.8, 4) is 0 Å². The van der Waals surface area contributed by atoms with Crippen molar-refractivity contribution < 1.29 is 14.7 Å². The monoisotopic (exact) mass is 234 g/mol. The number of nitrogen functional groups attached to an aromatic ring is 1. The molecule has 0 saturated heterocycles. The zero-order valence-corrected chi connectivity index (χ0v) is 9.22. The highest BCUT2D eigenvalue weighted by atomic mass is 16.4. The Morgan fingerprint density at radius 3 is 2.53 bits per heavy atom. The van der Waals surface area contributed by atoms with Crippen molar-refractivity contribution in [2.75, 3.05) is 12.3 Å². The molecule has 0 unspecified atom stereocenters. The average molecular weight is 234 g/mol. The lowest BCUT2D eigenvalue weighted by Crippen LogP contribution is -2.23. The third kappa shape index (κ3) is 5.36. The maximum Gasteiger partial charge on any atom is 0.305 e. The number of nitrogens with two attached hydrogens (primary N) is 1. The topological polar surface area (TPSA) is 92.4 Å². The number of carbonyl (C=O) groups excluding carboxylic acids is 1. The van der Waals surface area contributed by atoms with Gasteiger partial charge in [-0.3, -0.25) is 9.59 Å². The predicted molar refractivity (Wildman–Crippen MR) is 65.2 cm³/mol. The highest BCUT2D eigenvalue weighted by Crippen LogP contribution is 2.06. The summed E-state index contributed by atoms with van der Waals surface area (Å²) in [4.78, 5) is 21.5. The molecule has 5 nitrogen and oxygen atoms in total. The van der Waals surface area contributed by atoms with Crippen molar-refractivity contribution in [3.05, 3.63) is 35.9 Å². The van der Waals surface area contributed by atoms with E-state index in [0.29, 0.717) is 5.69 Å². The summed E-state index contributed by atoms with van der Waals surface area (Å²) in [5.41, 5.74) is 7.03. The van der Waals surface area contributed by atoms with Gasteiger partial charge in [-0.15, -0.1) is 0 Å². The number of benzene rings is 1. The van der Waals surface area contributed by atoms with Gasteiger partial charge in [0.15, 0.2) is 0 Å². The molecule has 0 saturated carbocycles. The first-order valence-corrected chi connectivity index (χ1v) is 5.11. The molecule has 1 aromatic rings. The molecule has 0 radical (unpaired) electrons. The minimum atomic E-state index is -0.937. The van der Waals surface area contributed by atoms with Gasteiger partial charge in [-0.05, 0) is 23.8 Å². The van der Waals surface area contributed by atoms with E-state index in [4.69, 9.17) is 10.8 Å². The Morgan fingerprint density at radius 2 is 1.94 bits per heavy atom. The van der Waals surface area contributed by atoms with Crippen LogP contribution in [0.4, 0.5) is 5.69 Å². The second-order valence-electron chi connectivity index (χ2n) is 3.43. The highest BCUT2D eigenvalue weighted by Gasteiger charge is 1.98. The molecule has 0 spiro atoms. The normalized spacial score (nSPS) is 10.4. The zero-order valence-electron chi connectivity index (χ0n) is 9.22. The van der Waals surface area contributed by atoms with E-state index in [1.54, 1.807) is 30.3 Å². The van der Waals surface area contributed by atoms with Gasteiger partial charge in [0.05, 0.1) is 6.42 Å². The van der Waals surface area contributed by atoms with E-state index in [1.165, 1.54) is 6.08 Å². The van der Waals surface area contributed by atoms with Gasteiger partial charge < -0.3 is 16.2 Å². The molecule has 17 heavy (non-hydrogen) atoms. The van der Waals surface area contributed by atoms with Crippen LogP contribution >= 0.6 is 0 Å². The van der Waals surface area contributed by atoms with Gasteiger partial charge in [0.2, 0.25) is 5.91 Å². The lowest BCUT2D eigenvalue weighted by atomic mass is 10.2. The molecule has 0 heterocycles. The fourth-order valence-corrected chi connectivity index (χ4v) is 1.13. The van der Waals surface area contributed by atoms with E-state index in [9.17, 15) is 9.59 Å². The van der Waals surface area contributed by atoms with Crippen LogP contribution in [0.5, 0.6) is 0 Å². The standard InChI is InChI=1S/C12H14N2O3/c13-10-4-1-9(2-5-10)3-6-11(15)14-8-7-12(16)17/h1-6H,7-8,13H2,(H,14,15)(H,16,17)/b6-3+. The zero-order chi connectivity index (χ0) is 12.7. The summed E-state index contributed by atoms with van der Waals surface area (Å²) in [6, 6.07) is 7.05. The van der Waals surface area contributed by atoms with Crippen LogP contribution in [0, 0.1) is 0 Å². The summed E-state index contributed by atoms with van der Waals surface area (Å²) < 4.78 is 0. The van der Waals surface area contributed by atoms with Crippen LogP contribution in [0.25, 0.3) is 6.08 Å². The smallest absolute Gasteiger partial charge is 0.305 e. The predicted octanol–water partition coefficient (Wildman–Crippen LogP) is 0.873. The van der Waals surface area contributed by atoms with Gasteiger partial charge in [0.1, 0.15) is 0 Å². The first-order valence-electron chi connectivity index (χ1n) is 5.11. The molecule has 1 aromatic carbocycles. The first kappa shape index (κ1) is 12.8. The van der Waals surface area contributed by atoms with E-state index >= 15 is 0 Å².